The predicted octanol–water partition coefficient (Wildman–Crippen LogP) is 3.02. The topological polar surface area (TPSA) is 26.3 Å². The lowest BCUT2D eigenvalue weighted by molar-refractivity contribution is 0.0599. The highest BCUT2D eigenvalue weighted by molar-refractivity contribution is 14.1. The lowest BCUT2D eigenvalue weighted by atomic mass is 9.96. The van der Waals surface area contributed by atoms with E-state index >= 15 is 0 Å². The smallest absolute Gasteiger partial charge is 0.340 e. The largest absolute Gasteiger partial charge is 0.465 e. The Kier molecular flexibility index (Phi) is 3.11. The van der Waals surface area contributed by atoms with Crippen LogP contribution in [0.1, 0.15) is 33.6 Å². The summed E-state index contributed by atoms with van der Waals surface area (Å²) in [6.45, 7) is 0. The molecule has 1 aliphatic rings. The zero-order valence-corrected chi connectivity index (χ0v) is 10.9. The van der Waals surface area contributed by atoms with E-state index in [-0.39, 0.29) is 5.97 Å². The third-order valence-electron chi connectivity index (χ3n) is 2.52. The molecule has 0 saturated heterocycles. The van der Waals surface area contributed by atoms with Gasteiger partial charge in [-0.25, -0.2) is 4.79 Å². The number of ether oxygens (including phenoxy) is 1. The monoisotopic (exact) mass is 322 g/mol. The Morgan fingerprint density at radius 1 is 1.43 bits per heavy atom. The third-order valence-corrected chi connectivity index (χ3v) is 4.80. The van der Waals surface area contributed by atoms with Gasteiger partial charge in [-0.05, 0) is 53.8 Å². The lowest BCUT2D eigenvalue weighted by Crippen LogP contribution is -2.08. The molecule has 0 aromatic carbocycles. The van der Waals surface area contributed by atoms with E-state index in [2.05, 4.69) is 22.6 Å². The summed E-state index contributed by atoms with van der Waals surface area (Å²) in [7, 11) is 1.45. The summed E-state index contributed by atoms with van der Waals surface area (Å²) in [5.41, 5.74) is 2.07. The number of esters is 1. The van der Waals surface area contributed by atoms with Crippen molar-refractivity contribution in [1.82, 2.24) is 0 Å². The third kappa shape index (κ3) is 1.69. The molecular formula is C10H11IO2S. The van der Waals surface area contributed by atoms with Gasteiger partial charge in [0, 0.05) is 4.88 Å². The van der Waals surface area contributed by atoms with E-state index in [1.165, 1.54) is 30.4 Å². The Labute approximate surface area is 101 Å². The summed E-state index contributed by atoms with van der Waals surface area (Å²) in [5, 5.41) is 0. The van der Waals surface area contributed by atoms with Crippen LogP contribution in [0.5, 0.6) is 0 Å². The Hall–Kier alpha value is -0.100. The quantitative estimate of drug-likeness (QED) is 0.587. The normalized spacial score (nSPS) is 15.0. The molecule has 0 amide bonds. The second kappa shape index (κ2) is 4.18. The maximum absolute atomic E-state index is 11.5. The van der Waals surface area contributed by atoms with Crippen LogP contribution in [0, 0.1) is 2.88 Å². The molecule has 4 heteroatoms. The molecule has 0 fully saturated rings. The van der Waals surface area contributed by atoms with Gasteiger partial charge in [-0.15, -0.1) is 11.3 Å². The van der Waals surface area contributed by atoms with Crippen molar-refractivity contribution in [3.05, 3.63) is 18.9 Å². The second-order valence-corrected chi connectivity index (χ2v) is 6.27. The van der Waals surface area contributed by atoms with E-state index < -0.39 is 0 Å². The maximum Gasteiger partial charge on any atom is 0.340 e. The summed E-state index contributed by atoms with van der Waals surface area (Å²) in [6.07, 6.45) is 4.63. The summed E-state index contributed by atoms with van der Waals surface area (Å²) < 4.78 is 5.89. The molecule has 2 rings (SSSR count). The minimum atomic E-state index is -0.172. The van der Waals surface area contributed by atoms with Crippen LogP contribution < -0.4 is 0 Å². The van der Waals surface area contributed by atoms with Gasteiger partial charge in [0.15, 0.2) is 0 Å². The van der Waals surface area contributed by atoms with Gasteiger partial charge in [0.25, 0.3) is 0 Å². The predicted molar refractivity (Wildman–Crippen MR) is 65.0 cm³/mol. The first-order chi connectivity index (χ1) is 6.74. The molecule has 0 aliphatic heterocycles. The van der Waals surface area contributed by atoms with E-state index in [0.29, 0.717) is 0 Å². The van der Waals surface area contributed by atoms with E-state index in [0.717, 1.165) is 21.3 Å². The van der Waals surface area contributed by atoms with Gasteiger partial charge in [-0.2, -0.15) is 0 Å². The van der Waals surface area contributed by atoms with E-state index in [1.54, 1.807) is 11.3 Å². The zero-order chi connectivity index (χ0) is 10.1. The molecule has 0 unspecified atom stereocenters. The fourth-order valence-corrected chi connectivity index (χ4v) is 4.28. The average Bonchev–Trinajstić information content (AvgIpc) is 2.53. The number of carbonyl (C=O) groups is 1. The lowest BCUT2D eigenvalue weighted by Gasteiger charge is -2.11. The van der Waals surface area contributed by atoms with Gasteiger partial charge in [-0.1, -0.05) is 0 Å². The van der Waals surface area contributed by atoms with Gasteiger partial charge >= 0.3 is 5.97 Å². The highest BCUT2D eigenvalue weighted by atomic mass is 127. The number of fused-ring (bicyclic) bond motifs is 1. The molecule has 0 bridgehead atoms. The van der Waals surface area contributed by atoms with Gasteiger partial charge in [0.05, 0.1) is 15.6 Å². The summed E-state index contributed by atoms with van der Waals surface area (Å²) >= 11 is 3.98. The van der Waals surface area contributed by atoms with Crippen molar-refractivity contribution in [3.63, 3.8) is 0 Å². The molecule has 0 spiro atoms. The van der Waals surface area contributed by atoms with E-state index in [4.69, 9.17) is 4.74 Å². The maximum atomic E-state index is 11.5. The standard InChI is InChI=1S/C10H11IO2S/c1-13-10(12)8-6-4-2-3-5-7(6)14-9(8)11/h2-5H2,1H3. The first kappa shape index (κ1) is 10.4. The fraction of sp³-hybridized carbons (Fsp3) is 0.500. The Morgan fingerprint density at radius 3 is 2.86 bits per heavy atom. The van der Waals surface area contributed by atoms with Crippen LogP contribution in [-0.2, 0) is 17.6 Å². The number of hydrogen-bond donors (Lipinski definition) is 0. The van der Waals surface area contributed by atoms with Crippen LogP contribution in [-0.4, -0.2) is 13.1 Å². The molecule has 0 radical (unpaired) electrons. The van der Waals surface area contributed by atoms with Crippen molar-refractivity contribution in [2.75, 3.05) is 7.11 Å². The van der Waals surface area contributed by atoms with Gasteiger partial charge in [0.2, 0.25) is 0 Å². The average molecular weight is 322 g/mol. The summed E-state index contributed by atoms with van der Waals surface area (Å²) in [5.74, 6) is -0.172. The van der Waals surface area contributed by atoms with Crippen molar-refractivity contribution in [1.29, 1.82) is 0 Å². The summed E-state index contributed by atoms with van der Waals surface area (Å²) in [4.78, 5) is 12.9. The van der Waals surface area contributed by atoms with Crippen LogP contribution >= 0.6 is 33.9 Å². The molecule has 1 aromatic rings. The first-order valence-electron chi connectivity index (χ1n) is 4.62. The molecule has 76 valence electrons. The number of thiophene rings is 1. The Bertz CT molecular complexity index is 370. The summed E-state index contributed by atoms with van der Waals surface area (Å²) in [6, 6.07) is 0. The van der Waals surface area contributed by atoms with Crippen LogP contribution in [0.15, 0.2) is 0 Å². The number of rotatable bonds is 1. The van der Waals surface area contributed by atoms with Crippen molar-refractivity contribution >= 4 is 39.9 Å². The number of aryl methyl sites for hydroxylation is 1. The van der Waals surface area contributed by atoms with Gasteiger partial charge < -0.3 is 4.74 Å². The molecule has 1 heterocycles. The van der Waals surface area contributed by atoms with Gasteiger partial charge in [-0.3, -0.25) is 0 Å². The van der Waals surface area contributed by atoms with Crippen molar-refractivity contribution in [3.8, 4) is 0 Å². The number of halogens is 1. The molecule has 14 heavy (non-hydrogen) atoms. The minimum Gasteiger partial charge on any atom is -0.465 e. The van der Waals surface area contributed by atoms with E-state index in [9.17, 15) is 4.79 Å². The fourth-order valence-electron chi connectivity index (χ4n) is 1.84. The Morgan fingerprint density at radius 2 is 2.14 bits per heavy atom. The SMILES string of the molecule is COC(=O)c1c(I)sc2c1CCCC2. The number of hydrogen-bond acceptors (Lipinski definition) is 3. The molecule has 2 nitrogen and oxygen atoms in total. The number of methoxy groups -OCH3 is 1. The Balaban J connectivity index is 2.47. The zero-order valence-electron chi connectivity index (χ0n) is 7.93. The first-order valence-corrected chi connectivity index (χ1v) is 6.52. The molecule has 1 aliphatic carbocycles. The molecule has 0 saturated carbocycles. The molecule has 0 atom stereocenters. The minimum absolute atomic E-state index is 0.172. The van der Waals surface area contributed by atoms with Gasteiger partial charge in [0.1, 0.15) is 0 Å². The van der Waals surface area contributed by atoms with Crippen LogP contribution in [0.25, 0.3) is 0 Å². The van der Waals surface area contributed by atoms with Crippen molar-refractivity contribution < 1.29 is 9.53 Å². The second-order valence-electron chi connectivity index (χ2n) is 3.35. The van der Waals surface area contributed by atoms with Crippen molar-refractivity contribution in [2.45, 2.75) is 25.7 Å². The van der Waals surface area contributed by atoms with Crippen LogP contribution in [0.4, 0.5) is 0 Å². The highest BCUT2D eigenvalue weighted by Crippen LogP contribution is 2.35. The van der Waals surface area contributed by atoms with Crippen LogP contribution in [0.3, 0.4) is 0 Å². The van der Waals surface area contributed by atoms with E-state index in [1.807, 2.05) is 0 Å². The molecule has 1 aromatic heterocycles. The van der Waals surface area contributed by atoms with Crippen molar-refractivity contribution in [2.24, 2.45) is 0 Å². The molecule has 0 N–H and O–H groups in total. The van der Waals surface area contributed by atoms with Crippen LogP contribution in [0.2, 0.25) is 0 Å². The number of carbonyl (C=O) groups excluding carboxylic acids is 1. The highest BCUT2D eigenvalue weighted by Gasteiger charge is 2.24. The molecular weight excluding hydrogens is 311 g/mol.